The van der Waals surface area contributed by atoms with Gasteiger partial charge in [-0.3, -0.25) is 24.2 Å². The molecule has 0 radical (unpaired) electrons. The monoisotopic (exact) mass is 527 g/mol. The first kappa shape index (κ1) is 28.5. The van der Waals surface area contributed by atoms with Gasteiger partial charge in [0.1, 0.15) is 11.8 Å². The molecule has 2 aromatic rings. The fourth-order valence-corrected chi connectivity index (χ4v) is 4.10. The first-order valence-corrected chi connectivity index (χ1v) is 12.3. The molecular weight excluding hydrogens is 494 g/mol. The minimum Gasteiger partial charge on any atom is -0.505 e. The van der Waals surface area contributed by atoms with Gasteiger partial charge < -0.3 is 30.9 Å². The molecule has 1 fully saturated rings. The molecule has 6 atom stereocenters. The number of amides is 3. The van der Waals surface area contributed by atoms with E-state index < -0.39 is 65.9 Å². The lowest BCUT2D eigenvalue weighted by atomic mass is 9.92. The van der Waals surface area contributed by atoms with Crippen molar-refractivity contribution in [2.75, 3.05) is 0 Å². The molecular formula is C26H33N5O7. The van der Waals surface area contributed by atoms with Crippen molar-refractivity contribution in [1.29, 1.82) is 0 Å². The highest BCUT2D eigenvalue weighted by atomic mass is 16.5. The third-order valence-electron chi connectivity index (χ3n) is 6.35. The Morgan fingerprint density at radius 2 is 1.82 bits per heavy atom. The predicted octanol–water partition coefficient (Wildman–Crippen LogP) is 0.0912. The fourth-order valence-electron chi connectivity index (χ4n) is 4.10. The largest absolute Gasteiger partial charge is 0.505 e. The van der Waals surface area contributed by atoms with Crippen LogP contribution in [0.1, 0.15) is 43.7 Å². The second kappa shape index (κ2) is 12.5. The van der Waals surface area contributed by atoms with Crippen LogP contribution in [0.25, 0.3) is 0 Å². The molecule has 3 rings (SSSR count). The number of rotatable bonds is 5. The molecule has 1 saturated heterocycles. The van der Waals surface area contributed by atoms with E-state index in [0.717, 1.165) is 0 Å². The van der Waals surface area contributed by atoms with Crippen LogP contribution in [0.3, 0.4) is 0 Å². The van der Waals surface area contributed by atoms with Gasteiger partial charge in [0.05, 0.1) is 24.1 Å². The molecule has 12 nitrogen and oxygen atoms in total. The molecule has 0 aromatic carbocycles. The average molecular weight is 528 g/mol. The lowest BCUT2D eigenvalue weighted by Gasteiger charge is -2.34. The van der Waals surface area contributed by atoms with E-state index in [-0.39, 0.29) is 17.9 Å². The molecule has 3 heterocycles. The number of hydrogen-bond acceptors (Lipinski definition) is 9. The first-order valence-electron chi connectivity index (χ1n) is 12.3. The quantitative estimate of drug-likeness (QED) is 0.337. The highest BCUT2D eigenvalue weighted by molar-refractivity contribution is 5.98. The predicted molar refractivity (Wildman–Crippen MR) is 135 cm³/mol. The number of aliphatic hydroxyl groups excluding tert-OH is 1. The van der Waals surface area contributed by atoms with E-state index in [4.69, 9.17) is 4.74 Å². The van der Waals surface area contributed by atoms with E-state index in [2.05, 4.69) is 25.9 Å². The summed E-state index contributed by atoms with van der Waals surface area (Å²) < 4.78 is 5.49. The number of cyclic esters (lactones) is 1. The molecule has 3 amide bonds. The highest BCUT2D eigenvalue weighted by Gasteiger charge is 2.39. The molecule has 0 saturated carbocycles. The van der Waals surface area contributed by atoms with Gasteiger partial charge in [-0.1, -0.05) is 19.9 Å². The normalized spacial score (nSPS) is 26.8. The number of ether oxygens (including phenoxy) is 1. The number of esters is 1. The van der Waals surface area contributed by atoms with Crippen molar-refractivity contribution in [2.24, 2.45) is 11.8 Å². The number of aromatic nitrogens is 2. The van der Waals surface area contributed by atoms with Gasteiger partial charge in [-0.2, -0.15) is 0 Å². The average Bonchev–Trinajstić information content (AvgIpc) is 2.88. The maximum atomic E-state index is 13.5. The molecule has 0 aliphatic carbocycles. The highest BCUT2D eigenvalue weighted by Crippen LogP contribution is 2.19. The second-order valence-corrected chi connectivity index (χ2v) is 9.68. The van der Waals surface area contributed by atoms with Crippen molar-refractivity contribution in [1.82, 2.24) is 25.9 Å². The number of carbonyl (C=O) groups excluding carboxylic acids is 4. The van der Waals surface area contributed by atoms with Gasteiger partial charge in [-0.05, 0) is 49.9 Å². The number of aliphatic hydroxyl groups is 1. The van der Waals surface area contributed by atoms with Gasteiger partial charge in [0.15, 0.2) is 11.8 Å². The van der Waals surface area contributed by atoms with Crippen LogP contribution in [0.5, 0.6) is 5.75 Å². The summed E-state index contributed by atoms with van der Waals surface area (Å²) in [4.78, 5) is 60.3. The van der Waals surface area contributed by atoms with E-state index >= 15 is 0 Å². The Bertz CT molecular complexity index is 1160. The van der Waals surface area contributed by atoms with Crippen LogP contribution in [-0.4, -0.2) is 74.2 Å². The van der Waals surface area contributed by atoms with E-state index in [1.165, 1.54) is 32.2 Å². The minimum absolute atomic E-state index is 0.119. The summed E-state index contributed by atoms with van der Waals surface area (Å²) in [6.45, 7) is 6.33. The van der Waals surface area contributed by atoms with E-state index in [1.807, 2.05) is 0 Å². The summed E-state index contributed by atoms with van der Waals surface area (Å²) in [6.07, 6.45) is 1.98. The van der Waals surface area contributed by atoms with Crippen molar-refractivity contribution in [2.45, 2.75) is 64.4 Å². The third-order valence-corrected chi connectivity index (χ3v) is 6.35. The SMILES string of the molecule is CC(C)C1OC(=O)[C@H](C)[C@H](O)[C@H](Cc2cccnc2)NC(=O)[C@@H](NC(=O)c2ncccc2O)[C@@H](C)NC1=O. The Balaban J connectivity index is 1.99. The molecule has 204 valence electrons. The van der Waals surface area contributed by atoms with Crippen LogP contribution < -0.4 is 16.0 Å². The van der Waals surface area contributed by atoms with Crippen molar-refractivity contribution in [3.63, 3.8) is 0 Å². The molecule has 1 unspecified atom stereocenters. The zero-order valence-corrected chi connectivity index (χ0v) is 21.6. The number of hydrogen-bond donors (Lipinski definition) is 5. The number of aromatic hydroxyl groups is 1. The summed E-state index contributed by atoms with van der Waals surface area (Å²) in [5, 5.41) is 29.1. The summed E-state index contributed by atoms with van der Waals surface area (Å²) in [6, 6.07) is 2.88. The Labute approximate surface area is 220 Å². The third kappa shape index (κ3) is 6.82. The Kier molecular flexibility index (Phi) is 9.35. The lowest BCUT2D eigenvalue weighted by Crippen LogP contribution is -2.62. The summed E-state index contributed by atoms with van der Waals surface area (Å²) in [5.74, 6) is -4.93. The van der Waals surface area contributed by atoms with Crippen LogP contribution in [-0.2, 0) is 25.5 Å². The molecule has 1 aliphatic heterocycles. The van der Waals surface area contributed by atoms with Gasteiger partial charge in [0.25, 0.3) is 11.8 Å². The topological polar surface area (TPSA) is 180 Å². The summed E-state index contributed by atoms with van der Waals surface area (Å²) in [5.41, 5.74) is 0.379. The Hall–Kier alpha value is -4.06. The molecule has 12 heteroatoms. The maximum absolute atomic E-state index is 13.5. The first-order chi connectivity index (χ1) is 18.0. The molecule has 5 N–H and O–H groups in total. The van der Waals surface area contributed by atoms with Crippen LogP contribution in [0, 0.1) is 11.8 Å². The second-order valence-electron chi connectivity index (χ2n) is 9.68. The smallest absolute Gasteiger partial charge is 0.312 e. The van der Waals surface area contributed by atoms with Gasteiger partial charge >= 0.3 is 5.97 Å². The van der Waals surface area contributed by atoms with Crippen LogP contribution >= 0.6 is 0 Å². The molecule has 1 aliphatic rings. The van der Waals surface area contributed by atoms with Crippen molar-refractivity contribution in [3.8, 4) is 5.75 Å². The van der Waals surface area contributed by atoms with Crippen molar-refractivity contribution in [3.05, 3.63) is 54.1 Å². The van der Waals surface area contributed by atoms with Gasteiger partial charge in [0, 0.05) is 18.6 Å². The van der Waals surface area contributed by atoms with Gasteiger partial charge in [0.2, 0.25) is 5.91 Å². The van der Waals surface area contributed by atoms with Crippen LogP contribution in [0.15, 0.2) is 42.9 Å². The summed E-state index contributed by atoms with van der Waals surface area (Å²) >= 11 is 0. The van der Waals surface area contributed by atoms with Crippen molar-refractivity contribution >= 4 is 23.7 Å². The zero-order chi connectivity index (χ0) is 28.0. The van der Waals surface area contributed by atoms with Crippen molar-refractivity contribution < 1.29 is 34.1 Å². The van der Waals surface area contributed by atoms with E-state index in [9.17, 15) is 29.4 Å². The number of carbonyl (C=O) groups is 4. The van der Waals surface area contributed by atoms with E-state index in [1.54, 1.807) is 38.4 Å². The molecule has 2 aromatic heterocycles. The standard InChI is InChI=1S/C26H33N5O7/c1-13(2)22-25(36)29-15(4)19(31-24(35)20-18(32)8-6-10-28-20)23(34)30-17(11-16-7-5-9-27-12-16)21(33)14(3)26(37)38-22/h5-10,12-15,17,19,21-22,32-33H,11H2,1-4H3,(H,29,36)(H,30,34)(H,31,35)/t14-,15-,17+,19+,21+,22?/m1/s1. The Morgan fingerprint density at radius 1 is 1.11 bits per heavy atom. The number of pyridine rings is 2. The number of nitrogens with one attached hydrogen (secondary N) is 3. The maximum Gasteiger partial charge on any atom is 0.312 e. The van der Waals surface area contributed by atoms with Gasteiger partial charge in [-0.15, -0.1) is 0 Å². The van der Waals surface area contributed by atoms with Gasteiger partial charge in [-0.25, -0.2) is 4.98 Å². The number of nitrogens with zero attached hydrogens (tertiary/aromatic N) is 2. The van der Waals surface area contributed by atoms with Crippen LogP contribution in [0.4, 0.5) is 0 Å². The minimum atomic E-state index is -1.39. The fraction of sp³-hybridized carbons (Fsp3) is 0.462. The lowest BCUT2D eigenvalue weighted by molar-refractivity contribution is -0.166. The zero-order valence-electron chi connectivity index (χ0n) is 21.6. The van der Waals surface area contributed by atoms with Crippen LogP contribution in [0.2, 0.25) is 0 Å². The molecule has 38 heavy (non-hydrogen) atoms. The molecule has 0 bridgehead atoms. The molecule has 0 spiro atoms. The Morgan fingerprint density at radius 3 is 2.45 bits per heavy atom. The van der Waals surface area contributed by atoms with E-state index in [0.29, 0.717) is 5.56 Å². The summed E-state index contributed by atoms with van der Waals surface area (Å²) in [7, 11) is 0.